The van der Waals surface area contributed by atoms with Gasteiger partial charge in [-0.05, 0) is 36.8 Å². The molecule has 6 heteroatoms. The minimum Gasteiger partial charge on any atom is -0.493 e. The molecule has 26 heavy (non-hydrogen) atoms. The quantitative estimate of drug-likeness (QED) is 0.623. The van der Waals surface area contributed by atoms with E-state index >= 15 is 0 Å². The Hall–Kier alpha value is -2.86. The highest BCUT2D eigenvalue weighted by molar-refractivity contribution is 7.80. The van der Waals surface area contributed by atoms with Crippen LogP contribution in [0, 0.1) is 0 Å². The summed E-state index contributed by atoms with van der Waals surface area (Å²) in [6.45, 7) is 1.86. The van der Waals surface area contributed by atoms with Crippen molar-refractivity contribution in [2.75, 3.05) is 14.2 Å². The molecule has 1 aliphatic heterocycles. The number of hydrogen-bond donors (Lipinski definition) is 2. The zero-order valence-electron chi connectivity index (χ0n) is 14.8. The van der Waals surface area contributed by atoms with E-state index in [2.05, 4.69) is 10.6 Å². The first kappa shape index (κ1) is 17.9. The molecule has 1 atom stereocenters. The normalized spacial score (nSPS) is 16.6. The fourth-order valence-electron chi connectivity index (χ4n) is 3.02. The monoisotopic (exact) mass is 368 g/mol. The van der Waals surface area contributed by atoms with Crippen LogP contribution >= 0.6 is 12.2 Å². The molecular formula is C20H20N2O3S. The van der Waals surface area contributed by atoms with Gasteiger partial charge < -0.3 is 20.1 Å². The highest BCUT2D eigenvalue weighted by atomic mass is 32.1. The Morgan fingerprint density at radius 2 is 1.73 bits per heavy atom. The van der Waals surface area contributed by atoms with Gasteiger partial charge in [-0.15, -0.1) is 0 Å². The van der Waals surface area contributed by atoms with Gasteiger partial charge in [0, 0.05) is 16.8 Å². The Bertz CT molecular complexity index is 878. The molecule has 0 radical (unpaired) electrons. The van der Waals surface area contributed by atoms with E-state index < -0.39 is 0 Å². The van der Waals surface area contributed by atoms with Crippen LogP contribution in [-0.4, -0.2) is 25.1 Å². The van der Waals surface area contributed by atoms with E-state index in [-0.39, 0.29) is 11.8 Å². The molecular weight excluding hydrogens is 348 g/mol. The Labute approximate surface area is 158 Å². The molecule has 0 amide bonds. The lowest BCUT2D eigenvalue weighted by Crippen LogP contribution is -2.44. The third kappa shape index (κ3) is 3.41. The number of rotatable bonds is 5. The zero-order valence-corrected chi connectivity index (χ0v) is 15.6. The van der Waals surface area contributed by atoms with Crippen molar-refractivity contribution in [1.82, 2.24) is 10.6 Å². The molecule has 0 aromatic heterocycles. The van der Waals surface area contributed by atoms with Crippen molar-refractivity contribution in [3.8, 4) is 11.5 Å². The fraction of sp³-hybridized carbons (Fsp3) is 0.200. The first-order chi connectivity index (χ1) is 12.5. The molecule has 134 valence electrons. The maximum Gasteiger partial charge on any atom is 0.193 e. The molecule has 0 bridgehead atoms. The average Bonchev–Trinajstić information content (AvgIpc) is 2.67. The second-order valence-electron chi connectivity index (χ2n) is 5.88. The fourth-order valence-corrected chi connectivity index (χ4v) is 3.29. The van der Waals surface area contributed by atoms with Crippen molar-refractivity contribution in [2.24, 2.45) is 0 Å². The second-order valence-corrected chi connectivity index (χ2v) is 6.29. The van der Waals surface area contributed by atoms with E-state index in [4.69, 9.17) is 21.7 Å². The van der Waals surface area contributed by atoms with Gasteiger partial charge >= 0.3 is 0 Å². The molecule has 1 aliphatic rings. The van der Waals surface area contributed by atoms with Crippen LogP contribution in [0.15, 0.2) is 59.8 Å². The van der Waals surface area contributed by atoms with E-state index in [0.29, 0.717) is 27.7 Å². The predicted molar refractivity (Wildman–Crippen MR) is 105 cm³/mol. The molecule has 0 spiro atoms. The number of benzene rings is 2. The highest BCUT2D eigenvalue weighted by Gasteiger charge is 2.30. The highest BCUT2D eigenvalue weighted by Crippen LogP contribution is 2.35. The summed E-state index contributed by atoms with van der Waals surface area (Å²) in [6, 6.07) is 14.4. The number of methoxy groups -OCH3 is 2. The molecule has 2 N–H and O–H groups in total. The Kier molecular flexibility index (Phi) is 5.23. The number of allylic oxidation sites excluding steroid dienone is 1. The summed E-state index contributed by atoms with van der Waals surface area (Å²) in [5.74, 6) is 1.18. The lowest BCUT2D eigenvalue weighted by Gasteiger charge is -2.30. The number of ether oxygens (including phenoxy) is 2. The average molecular weight is 368 g/mol. The Balaban J connectivity index is 2.07. The van der Waals surface area contributed by atoms with Crippen LogP contribution in [0.4, 0.5) is 0 Å². The third-order valence-electron chi connectivity index (χ3n) is 4.29. The van der Waals surface area contributed by atoms with Crippen molar-refractivity contribution in [2.45, 2.75) is 13.0 Å². The van der Waals surface area contributed by atoms with Gasteiger partial charge in [0.1, 0.15) is 0 Å². The zero-order chi connectivity index (χ0) is 18.7. The number of thiocarbonyl (C=S) groups is 1. The largest absolute Gasteiger partial charge is 0.493 e. The molecule has 0 saturated carbocycles. The minimum atomic E-state index is -0.378. The molecule has 0 fully saturated rings. The number of carbonyl (C=O) groups is 1. The topological polar surface area (TPSA) is 59.6 Å². The van der Waals surface area contributed by atoms with Crippen LogP contribution < -0.4 is 20.1 Å². The summed E-state index contributed by atoms with van der Waals surface area (Å²) in [7, 11) is 3.17. The second kappa shape index (κ2) is 7.58. The van der Waals surface area contributed by atoms with E-state index in [1.807, 2.05) is 43.3 Å². The van der Waals surface area contributed by atoms with E-state index in [9.17, 15) is 4.79 Å². The van der Waals surface area contributed by atoms with Crippen LogP contribution in [0.3, 0.4) is 0 Å². The van der Waals surface area contributed by atoms with Gasteiger partial charge in [-0.25, -0.2) is 0 Å². The number of ketones is 1. The summed E-state index contributed by atoms with van der Waals surface area (Å²) >= 11 is 5.30. The Morgan fingerprint density at radius 3 is 2.38 bits per heavy atom. The summed E-state index contributed by atoms with van der Waals surface area (Å²) in [4.78, 5) is 13.1. The number of hydrogen-bond acceptors (Lipinski definition) is 4. The summed E-state index contributed by atoms with van der Waals surface area (Å²) in [5.41, 5.74) is 2.85. The van der Waals surface area contributed by atoms with E-state index in [0.717, 1.165) is 11.3 Å². The first-order valence-electron chi connectivity index (χ1n) is 8.15. The van der Waals surface area contributed by atoms with Gasteiger partial charge in [-0.1, -0.05) is 36.4 Å². The van der Waals surface area contributed by atoms with Crippen molar-refractivity contribution in [1.29, 1.82) is 0 Å². The van der Waals surface area contributed by atoms with Gasteiger partial charge in [0.2, 0.25) is 0 Å². The first-order valence-corrected chi connectivity index (χ1v) is 8.56. The molecule has 5 nitrogen and oxygen atoms in total. The van der Waals surface area contributed by atoms with Crippen LogP contribution in [0.25, 0.3) is 0 Å². The summed E-state index contributed by atoms with van der Waals surface area (Å²) in [5, 5.41) is 6.73. The number of carbonyl (C=O) groups excluding carboxylic acids is 1. The van der Waals surface area contributed by atoms with Crippen LogP contribution in [0.1, 0.15) is 28.9 Å². The lowest BCUT2D eigenvalue weighted by atomic mass is 9.89. The maximum absolute atomic E-state index is 13.1. The van der Waals surface area contributed by atoms with E-state index in [1.54, 1.807) is 26.4 Å². The van der Waals surface area contributed by atoms with Gasteiger partial charge in [0.25, 0.3) is 0 Å². The number of nitrogens with one attached hydrogen (secondary N) is 2. The van der Waals surface area contributed by atoms with Crippen LogP contribution in [0.5, 0.6) is 11.5 Å². The summed E-state index contributed by atoms with van der Waals surface area (Å²) in [6.07, 6.45) is 0. The Morgan fingerprint density at radius 1 is 1.04 bits per heavy atom. The van der Waals surface area contributed by atoms with Gasteiger partial charge in [0.05, 0.1) is 20.3 Å². The molecule has 0 unspecified atom stereocenters. The third-order valence-corrected chi connectivity index (χ3v) is 4.51. The summed E-state index contributed by atoms with van der Waals surface area (Å²) < 4.78 is 10.7. The van der Waals surface area contributed by atoms with Crippen molar-refractivity contribution in [3.05, 3.63) is 70.9 Å². The standard InChI is InChI=1S/C20H20N2O3S/c1-12-17(19(23)13-7-5-4-6-8-13)18(22-20(26)21-12)14-9-10-15(24-2)16(11-14)25-3/h4-11,18H,1-3H3,(H2,21,22,26)/t18-/m0/s1. The molecule has 3 rings (SSSR count). The van der Waals surface area contributed by atoms with Gasteiger partial charge in [-0.2, -0.15) is 0 Å². The predicted octanol–water partition coefficient (Wildman–Crippen LogP) is 3.38. The van der Waals surface area contributed by atoms with E-state index in [1.165, 1.54) is 0 Å². The van der Waals surface area contributed by atoms with Crippen LogP contribution in [0.2, 0.25) is 0 Å². The smallest absolute Gasteiger partial charge is 0.193 e. The molecule has 2 aromatic rings. The van der Waals surface area contributed by atoms with Crippen molar-refractivity contribution in [3.63, 3.8) is 0 Å². The molecule has 0 aliphatic carbocycles. The molecule has 0 saturated heterocycles. The SMILES string of the molecule is COc1ccc([C@@H]2NC(=S)NC(C)=C2C(=O)c2ccccc2)cc1OC. The lowest BCUT2D eigenvalue weighted by molar-refractivity contribution is 0.102. The maximum atomic E-state index is 13.1. The van der Waals surface area contributed by atoms with Gasteiger partial charge in [0.15, 0.2) is 22.4 Å². The molecule has 2 aromatic carbocycles. The van der Waals surface area contributed by atoms with Gasteiger partial charge in [-0.3, -0.25) is 4.79 Å². The van der Waals surface area contributed by atoms with Crippen LogP contribution in [-0.2, 0) is 0 Å². The molecule has 1 heterocycles. The van der Waals surface area contributed by atoms with Crippen molar-refractivity contribution >= 4 is 23.1 Å². The minimum absolute atomic E-state index is 0.0506. The number of Topliss-reactive ketones (excluding diaryl/α,β-unsaturated/α-hetero) is 1. The van der Waals surface area contributed by atoms with Crippen molar-refractivity contribution < 1.29 is 14.3 Å².